The van der Waals surface area contributed by atoms with E-state index >= 15 is 0 Å². The summed E-state index contributed by atoms with van der Waals surface area (Å²) in [5.41, 5.74) is 15.5. The van der Waals surface area contributed by atoms with Crippen LogP contribution < -0.4 is 11.5 Å². The fourth-order valence-corrected chi connectivity index (χ4v) is 3.68. The largest absolute Gasteiger partial charge is 0.416 e. The number of nitrogens with zero attached hydrogens (tertiary/aromatic N) is 1. The van der Waals surface area contributed by atoms with Gasteiger partial charge in [0.05, 0.1) is 16.9 Å². The van der Waals surface area contributed by atoms with Crippen LogP contribution in [0, 0.1) is 0 Å². The van der Waals surface area contributed by atoms with Crippen LogP contribution in [0.25, 0.3) is 0 Å². The van der Waals surface area contributed by atoms with E-state index in [-0.39, 0.29) is 0 Å². The molecule has 0 spiro atoms. The third kappa shape index (κ3) is 3.37. The molecule has 0 saturated heterocycles. The second-order valence-electron chi connectivity index (χ2n) is 5.97. The van der Waals surface area contributed by atoms with Gasteiger partial charge in [0.15, 0.2) is 0 Å². The molecule has 2 aromatic carbocycles. The van der Waals surface area contributed by atoms with Crippen LogP contribution in [0.5, 0.6) is 0 Å². The Morgan fingerprint density at radius 3 is 2.38 bits per heavy atom. The predicted octanol–water partition coefficient (Wildman–Crippen LogP) is 4.19. The molecule has 0 aromatic heterocycles. The number of rotatable bonds is 2. The monoisotopic (exact) mass is 399 g/mol. The molecule has 0 unspecified atom stereocenters. The molecule has 1 heterocycles. The summed E-state index contributed by atoms with van der Waals surface area (Å²) >= 11 is 3.52. The van der Waals surface area contributed by atoms with Crippen LogP contribution in [0.3, 0.4) is 0 Å². The summed E-state index contributed by atoms with van der Waals surface area (Å²) in [5.74, 6) is 0. The Labute approximate surface area is 146 Å². The lowest BCUT2D eigenvalue weighted by atomic mass is 9.96. The van der Waals surface area contributed by atoms with Gasteiger partial charge in [-0.1, -0.05) is 28.1 Å². The highest BCUT2D eigenvalue weighted by atomic mass is 79.9. The molecule has 0 aliphatic carbocycles. The van der Waals surface area contributed by atoms with E-state index in [0.29, 0.717) is 24.5 Å². The zero-order valence-electron chi connectivity index (χ0n) is 12.8. The molecule has 0 radical (unpaired) electrons. The first-order valence-corrected chi connectivity index (χ1v) is 8.28. The van der Waals surface area contributed by atoms with Gasteiger partial charge in [0.1, 0.15) is 0 Å². The SMILES string of the molecule is Nc1cc(Br)c2c(c1N)CN(Cc1ccc(C(F)(F)F)cc1)CC2. The van der Waals surface area contributed by atoms with Crippen molar-refractivity contribution in [2.24, 2.45) is 0 Å². The molecule has 0 amide bonds. The van der Waals surface area contributed by atoms with Crippen LogP contribution >= 0.6 is 15.9 Å². The molecular formula is C17H17BrF3N3. The molecule has 0 saturated carbocycles. The second-order valence-corrected chi connectivity index (χ2v) is 6.83. The summed E-state index contributed by atoms with van der Waals surface area (Å²) in [6, 6.07) is 7.11. The minimum atomic E-state index is -4.30. The molecule has 1 aliphatic heterocycles. The van der Waals surface area contributed by atoms with Crippen LogP contribution in [-0.2, 0) is 25.7 Å². The summed E-state index contributed by atoms with van der Waals surface area (Å²) in [5, 5.41) is 0. The third-order valence-electron chi connectivity index (χ3n) is 4.32. The van der Waals surface area contributed by atoms with Crippen molar-refractivity contribution in [3.05, 3.63) is 57.1 Å². The Hall–Kier alpha value is -1.73. The third-order valence-corrected chi connectivity index (χ3v) is 5.03. The van der Waals surface area contributed by atoms with Crippen LogP contribution in [0.4, 0.5) is 24.5 Å². The van der Waals surface area contributed by atoms with E-state index in [1.165, 1.54) is 12.1 Å². The lowest BCUT2D eigenvalue weighted by molar-refractivity contribution is -0.137. The summed E-state index contributed by atoms with van der Waals surface area (Å²) in [6.45, 7) is 2.02. The van der Waals surface area contributed by atoms with Crippen molar-refractivity contribution in [1.29, 1.82) is 0 Å². The van der Waals surface area contributed by atoms with E-state index in [2.05, 4.69) is 20.8 Å². The first kappa shape index (κ1) is 17.1. The van der Waals surface area contributed by atoms with Gasteiger partial charge < -0.3 is 11.5 Å². The Morgan fingerprint density at radius 2 is 1.75 bits per heavy atom. The maximum atomic E-state index is 12.6. The van der Waals surface area contributed by atoms with Crippen LogP contribution in [0.15, 0.2) is 34.8 Å². The first-order chi connectivity index (χ1) is 11.3. The van der Waals surface area contributed by atoms with Gasteiger partial charge >= 0.3 is 6.18 Å². The number of nitrogen functional groups attached to an aromatic ring is 2. The second kappa shape index (κ2) is 6.29. The van der Waals surface area contributed by atoms with Crippen LogP contribution in [0.1, 0.15) is 22.3 Å². The van der Waals surface area contributed by atoms with Gasteiger partial charge in [-0.2, -0.15) is 13.2 Å². The van der Waals surface area contributed by atoms with Gasteiger partial charge in [-0.3, -0.25) is 4.90 Å². The van der Waals surface area contributed by atoms with Crippen molar-refractivity contribution in [3.63, 3.8) is 0 Å². The van der Waals surface area contributed by atoms with Crippen molar-refractivity contribution >= 4 is 27.3 Å². The van der Waals surface area contributed by atoms with E-state index in [0.717, 1.165) is 46.3 Å². The van der Waals surface area contributed by atoms with E-state index in [9.17, 15) is 13.2 Å². The number of anilines is 2. The first-order valence-electron chi connectivity index (χ1n) is 7.49. The molecule has 128 valence electrons. The molecule has 3 rings (SSSR count). The molecular weight excluding hydrogens is 383 g/mol. The Balaban J connectivity index is 1.77. The number of hydrogen-bond acceptors (Lipinski definition) is 3. The highest BCUT2D eigenvalue weighted by molar-refractivity contribution is 9.10. The van der Waals surface area contributed by atoms with Crippen molar-refractivity contribution in [2.75, 3.05) is 18.0 Å². The maximum Gasteiger partial charge on any atom is 0.416 e. The molecule has 24 heavy (non-hydrogen) atoms. The maximum absolute atomic E-state index is 12.6. The van der Waals surface area contributed by atoms with E-state index in [1.54, 1.807) is 0 Å². The number of benzene rings is 2. The molecule has 2 aromatic rings. The molecule has 0 fully saturated rings. The number of halogens is 4. The molecule has 0 atom stereocenters. The van der Waals surface area contributed by atoms with E-state index in [1.807, 2.05) is 6.07 Å². The minimum Gasteiger partial charge on any atom is -0.397 e. The molecule has 3 nitrogen and oxygen atoms in total. The predicted molar refractivity (Wildman–Crippen MR) is 92.2 cm³/mol. The fourth-order valence-electron chi connectivity index (χ4n) is 3.00. The van der Waals surface area contributed by atoms with Gasteiger partial charge in [-0.05, 0) is 41.3 Å². The smallest absolute Gasteiger partial charge is 0.397 e. The van der Waals surface area contributed by atoms with Crippen molar-refractivity contribution in [1.82, 2.24) is 4.90 Å². The van der Waals surface area contributed by atoms with Gasteiger partial charge in [-0.25, -0.2) is 0 Å². The van der Waals surface area contributed by atoms with Gasteiger partial charge in [0.2, 0.25) is 0 Å². The molecule has 4 N–H and O–H groups in total. The summed E-state index contributed by atoms with van der Waals surface area (Å²) in [4.78, 5) is 2.16. The Bertz CT molecular complexity index is 757. The number of nitrogens with two attached hydrogens (primary N) is 2. The van der Waals surface area contributed by atoms with Gasteiger partial charge in [0, 0.05) is 24.1 Å². The topological polar surface area (TPSA) is 55.3 Å². The highest BCUT2D eigenvalue weighted by Gasteiger charge is 2.30. The lowest BCUT2D eigenvalue weighted by Crippen LogP contribution is -2.31. The lowest BCUT2D eigenvalue weighted by Gasteiger charge is -2.31. The Morgan fingerprint density at radius 1 is 1.08 bits per heavy atom. The number of alkyl halides is 3. The average Bonchev–Trinajstić information content (AvgIpc) is 2.52. The van der Waals surface area contributed by atoms with Gasteiger partial charge in [-0.15, -0.1) is 0 Å². The zero-order chi connectivity index (χ0) is 17.5. The van der Waals surface area contributed by atoms with E-state index < -0.39 is 11.7 Å². The van der Waals surface area contributed by atoms with Crippen molar-refractivity contribution < 1.29 is 13.2 Å². The van der Waals surface area contributed by atoms with E-state index in [4.69, 9.17) is 11.5 Å². The standard InChI is InChI=1S/C17H17BrF3N3/c18-14-7-15(22)16(23)13-9-24(6-5-12(13)14)8-10-1-3-11(4-2-10)17(19,20)21/h1-4,7H,5-6,8-9,22-23H2. The zero-order valence-corrected chi connectivity index (χ0v) is 14.4. The fraction of sp³-hybridized carbons (Fsp3) is 0.294. The molecule has 0 bridgehead atoms. The highest BCUT2D eigenvalue weighted by Crippen LogP contribution is 2.35. The minimum absolute atomic E-state index is 0.539. The molecule has 7 heteroatoms. The van der Waals surface area contributed by atoms with Crippen LogP contribution in [0.2, 0.25) is 0 Å². The quantitative estimate of drug-likeness (QED) is 0.744. The summed E-state index contributed by atoms with van der Waals surface area (Å²) in [6.07, 6.45) is -3.48. The van der Waals surface area contributed by atoms with Crippen LogP contribution in [-0.4, -0.2) is 11.4 Å². The van der Waals surface area contributed by atoms with Gasteiger partial charge in [0.25, 0.3) is 0 Å². The summed E-state index contributed by atoms with van der Waals surface area (Å²) < 4.78 is 38.8. The average molecular weight is 400 g/mol. The number of fused-ring (bicyclic) bond motifs is 1. The Kier molecular flexibility index (Phi) is 4.48. The number of hydrogen-bond donors (Lipinski definition) is 2. The normalized spacial score (nSPS) is 15.3. The molecule has 1 aliphatic rings. The summed E-state index contributed by atoms with van der Waals surface area (Å²) in [7, 11) is 0. The van der Waals surface area contributed by atoms with Crippen molar-refractivity contribution in [3.8, 4) is 0 Å². The van der Waals surface area contributed by atoms with Crippen molar-refractivity contribution in [2.45, 2.75) is 25.7 Å².